The van der Waals surface area contributed by atoms with Crippen molar-refractivity contribution >= 4 is 28.8 Å². The number of rotatable bonds is 4. The van der Waals surface area contributed by atoms with Crippen molar-refractivity contribution in [3.63, 3.8) is 0 Å². The maximum Gasteiger partial charge on any atom is 0.261 e. The van der Waals surface area contributed by atoms with Crippen molar-refractivity contribution in [1.29, 1.82) is 0 Å². The molecule has 3 heterocycles. The molecule has 0 aliphatic carbocycles. The summed E-state index contributed by atoms with van der Waals surface area (Å²) in [5, 5.41) is 4.78. The second-order valence-corrected chi connectivity index (χ2v) is 6.75. The zero-order chi connectivity index (χ0) is 16.5. The highest BCUT2D eigenvalue weighted by atomic mass is 32.1. The highest BCUT2D eigenvalue weighted by Gasteiger charge is 2.31. The lowest BCUT2D eigenvalue weighted by Crippen LogP contribution is -2.30. The topological polar surface area (TPSA) is 67.9 Å². The van der Waals surface area contributed by atoms with Crippen LogP contribution in [0.25, 0.3) is 0 Å². The second-order valence-electron chi connectivity index (χ2n) is 5.80. The van der Waals surface area contributed by atoms with Gasteiger partial charge in [-0.05, 0) is 23.6 Å². The van der Waals surface area contributed by atoms with Crippen LogP contribution in [0.5, 0.6) is 11.5 Å². The Labute approximate surface area is 143 Å². The number of carbonyl (C=O) groups excluding carboxylic acids is 2. The van der Waals surface area contributed by atoms with Crippen LogP contribution >= 0.6 is 11.3 Å². The molecule has 1 atom stereocenters. The Bertz CT molecular complexity index is 775. The average molecular weight is 344 g/mol. The summed E-state index contributed by atoms with van der Waals surface area (Å²) >= 11 is 1.41. The number of ether oxygens (including phenoxy) is 2. The van der Waals surface area contributed by atoms with Crippen molar-refractivity contribution in [2.75, 3.05) is 24.8 Å². The quantitative estimate of drug-likeness (QED) is 0.924. The zero-order valence-electron chi connectivity index (χ0n) is 12.9. The van der Waals surface area contributed by atoms with Gasteiger partial charge in [-0.15, -0.1) is 11.3 Å². The molecule has 2 amide bonds. The van der Waals surface area contributed by atoms with Gasteiger partial charge < -0.3 is 19.7 Å². The van der Waals surface area contributed by atoms with Crippen molar-refractivity contribution in [1.82, 2.24) is 5.32 Å². The summed E-state index contributed by atoms with van der Waals surface area (Å²) in [6.07, 6.45) is 0.430. The van der Waals surface area contributed by atoms with Gasteiger partial charge in [0.1, 0.15) is 0 Å². The summed E-state index contributed by atoms with van der Waals surface area (Å²) in [6, 6.07) is 9.14. The van der Waals surface area contributed by atoms with E-state index in [-0.39, 0.29) is 24.5 Å². The van der Waals surface area contributed by atoms with Gasteiger partial charge >= 0.3 is 0 Å². The maximum atomic E-state index is 12.3. The summed E-state index contributed by atoms with van der Waals surface area (Å²) in [7, 11) is 0. The molecule has 124 valence electrons. The standard InChI is InChI=1S/C17H16N2O4S/c20-16-6-11(8-18-17(21)15-2-1-5-24-15)9-19(16)12-3-4-13-14(7-12)23-10-22-13/h1-5,7,11H,6,8-10H2,(H,18,21)/t11-/m1/s1. The molecule has 6 nitrogen and oxygen atoms in total. The van der Waals surface area contributed by atoms with Gasteiger partial charge in [-0.1, -0.05) is 6.07 Å². The Kier molecular flexibility index (Phi) is 3.86. The number of hydrogen-bond donors (Lipinski definition) is 1. The summed E-state index contributed by atoms with van der Waals surface area (Å²) < 4.78 is 10.7. The number of anilines is 1. The van der Waals surface area contributed by atoms with Gasteiger partial charge in [0.15, 0.2) is 11.5 Å². The molecule has 0 radical (unpaired) electrons. The third-order valence-electron chi connectivity index (χ3n) is 4.17. The van der Waals surface area contributed by atoms with Crippen LogP contribution in [0.3, 0.4) is 0 Å². The van der Waals surface area contributed by atoms with E-state index in [1.54, 1.807) is 11.0 Å². The molecule has 1 aromatic heterocycles. The Morgan fingerprint density at radius 1 is 1.29 bits per heavy atom. The lowest BCUT2D eigenvalue weighted by molar-refractivity contribution is -0.117. The van der Waals surface area contributed by atoms with Gasteiger partial charge in [0.2, 0.25) is 12.7 Å². The van der Waals surface area contributed by atoms with Gasteiger partial charge in [0.05, 0.1) is 4.88 Å². The molecule has 0 unspecified atom stereocenters. The van der Waals surface area contributed by atoms with Crippen molar-refractivity contribution in [3.05, 3.63) is 40.6 Å². The van der Waals surface area contributed by atoms with Crippen molar-refractivity contribution in [3.8, 4) is 11.5 Å². The Morgan fingerprint density at radius 2 is 2.17 bits per heavy atom. The average Bonchev–Trinajstić information content (AvgIpc) is 3.32. The molecular weight excluding hydrogens is 328 g/mol. The molecular formula is C17H16N2O4S. The number of fused-ring (bicyclic) bond motifs is 1. The molecule has 1 saturated heterocycles. The predicted molar refractivity (Wildman–Crippen MR) is 89.7 cm³/mol. The van der Waals surface area contributed by atoms with Crippen molar-refractivity contribution < 1.29 is 19.1 Å². The van der Waals surface area contributed by atoms with E-state index in [4.69, 9.17) is 9.47 Å². The van der Waals surface area contributed by atoms with Crippen LogP contribution in [-0.4, -0.2) is 31.7 Å². The second kappa shape index (κ2) is 6.16. The smallest absolute Gasteiger partial charge is 0.261 e. The summed E-state index contributed by atoms with van der Waals surface area (Å²) in [4.78, 5) is 26.7. The first-order chi connectivity index (χ1) is 11.7. The first-order valence-electron chi connectivity index (χ1n) is 7.72. The Hall–Kier alpha value is -2.54. The number of amides is 2. The third-order valence-corrected chi connectivity index (χ3v) is 5.04. The van der Waals surface area contributed by atoms with E-state index in [2.05, 4.69) is 5.32 Å². The largest absolute Gasteiger partial charge is 0.454 e. The normalized spacial score (nSPS) is 18.9. The van der Waals surface area contributed by atoms with E-state index in [0.29, 0.717) is 35.9 Å². The molecule has 0 bridgehead atoms. The van der Waals surface area contributed by atoms with Crippen LogP contribution in [0.1, 0.15) is 16.1 Å². The van der Waals surface area contributed by atoms with Gasteiger partial charge in [0, 0.05) is 37.2 Å². The Balaban J connectivity index is 1.39. The van der Waals surface area contributed by atoms with E-state index in [1.807, 2.05) is 29.6 Å². The van der Waals surface area contributed by atoms with E-state index >= 15 is 0 Å². The van der Waals surface area contributed by atoms with E-state index in [1.165, 1.54) is 11.3 Å². The highest BCUT2D eigenvalue weighted by Crippen LogP contribution is 2.37. The fraction of sp³-hybridized carbons (Fsp3) is 0.294. The molecule has 2 aliphatic heterocycles. The van der Waals surface area contributed by atoms with Crippen LogP contribution in [0.15, 0.2) is 35.7 Å². The fourth-order valence-electron chi connectivity index (χ4n) is 2.95. The predicted octanol–water partition coefficient (Wildman–Crippen LogP) is 2.26. The SMILES string of the molecule is O=C(NC[C@H]1CC(=O)N(c2ccc3c(c2)OCO3)C1)c1cccs1. The summed E-state index contributed by atoms with van der Waals surface area (Å²) in [6.45, 7) is 1.29. The van der Waals surface area contributed by atoms with Crippen LogP contribution in [0, 0.1) is 5.92 Å². The molecule has 0 saturated carbocycles. The summed E-state index contributed by atoms with van der Waals surface area (Å²) in [5.41, 5.74) is 0.802. The molecule has 2 aliphatic rings. The number of carbonyl (C=O) groups is 2. The fourth-order valence-corrected chi connectivity index (χ4v) is 3.59. The maximum absolute atomic E-state index is 12.3. The molecule has 2 aromatic rings. The molecule has 1 fully saturated rings. The molecule has 24 heavy (non-hydrogen) atoms. The van der Waals surface area contributed by atoms with Crippen LogP contribution in [-0.2, 0) is 4.79 Å². The van der Waals surface area contributed by atoms with E-state index in [9.17, 15) is 9.59 Å². The minimum absolute atomic E-state index is 0.0595. The molecule has 7 heteroatoms. The lowest BCUT2D eigenvalue weighted by atomic mass is 10.1. The number of thiophene rings is 1. The highest BCUT2D eigenvalue weighted by molar-refractivity contribution is 7.12. The van der Waals surface area contributed by atoms with Gasteiger partial charge in [-0.3, -0.25) is 9.59 Å². The van der Waals surface area contributed by atoms with Gasteiger partial charge in [0.25, 0.3) is 5.91 Å². The number of benzene rings is 1. The van der Waals surface area contributed by atoms with Gasteiger partial charge in [-0.25, -0.2) is 0 Å². The first kappa shape index (κ1) is 15.0. The van der Waals surface area contributed by atoms with E-state index < -0.39 is 0 Å². The Morgan fingerprint density at radius 3 is 3.00 bits per heavy atom. The molecule has 0 spiro atoms. The van der Waals surface area contributed by atoms with Gasteiger partial charge in [-0.2, -0.15) is 0 Å². The van der Waals surface area contributed by atoms with Crippen LogP contribution in [0.4, 0.5) is 5.69 Å². The van der Waals surface area contributed by atoms with Crippen LogP contribution in [0.2, 0.25) is 0 Å². The van der Waals surface area contributed by atoms with Crippen LogP contribution < -0.4 is 19.7 Å². The molecule has 4 rings (SSSR count). The minimum atomic E-state index is -0.0843. The number of nitrogens with one attached hydrogen (secondary N) is 1. The third kappa shape index (κ3) is 2.82. The van der Waals surface area contributed by atoms with Crippen molar-refractivity contribution in [2.24, 2.45) is 5.92 Å². The first-order valence-corrected chi connectivity index (χ1v) is 8.60. The van der Waals surface area contributed by atoms with E-state index in [0.717, 1.165) is 5.69 Å². The zero-order valence-corrected chi connectivity index (χ0v) is 13.7. The minimum Gasteiger partial charge on any atom is -0.454 e. The van der Waals surface area contributed by atoms with Crippen molar-refractivity contribution in [2.45, 2.75) is 6.42 Å². The molecule has 1 N–H and O–H groups in total. The lowest BCUT2D eigenvalue weighted by Gasteiger charge is -2.17. The number of hydrogen-bond acceptors (Lipinski definition) is 5. The monoisotopic (exact) mass is 344 g/mol. The molecule has 1 aromatic carbocycles. The summed E-state index contributed by atoms with van der Waals surface area (Å²) in [5.74, 6) is 1.44. The number of nitrogens with zero attached hydrogens (tertiary/aromatic N) is 1.